The lowest BCUT2D eigenvalue weighted by molar-refractivity contribution is -0.127. The summed E-state index contributed by atoms with van der Waals surface area (Å²) in [6, 6.07) is 0. The Kier molecular flexibility index (Phi) is 6.23. The number of hydrogen-bond acceptors (Lipinski definition) is 3. The summed E-state index contributed by atoms with van der Waals surface area (Å²) in [6.07, 6.45) is 7.12. The van der Waals surface area contributed by atoms with E-state index in [2.05, 4.69) is 22.1 Å². The highest BCUT2D eigenvalue weighted by Gasteiger charge is 2.26. The molecule has 5 heteroatoms. The summed E-state index contributed by atoms with van der Waals surface area (Å²) in [5.74, 6) is 1.14. The van der Waals surface area contributed by atoms with Gasteiger partial charge < -0.3 is 10.6 Å². The van der Waals surface area contributed by atoms with Crippen LogP contribution in [0.5, 0.6) is 0 Å². The third-order valence-corrected chi connectivity index (χ3v) is 4.56. The van der Waals surface area contributed by atoms with Crippen LogP contribution in [0.15, 0.2) is 12.7 Å². The van der Waals surface area contributed by atoms with Crippen LogP contribution in [0.25, 0.3) is 0 Å². The first kappa shape index (κ1) is 16.0. The standard InChI is InChI=1S/C16H27N3O2/c1-2-8-17-15(20)12-19-9-6-13(7-10-19)11-18-16(21)14-4-3-5-14/h2,13-14H,1,3-12H2,(H,17,20)(H,18,21). The van der Waals surface area contributed by atoms with E-state index in [-0.39, 0.29) is 17.7 Å². The molecule has 118 valence electrons. The van der Waals surface area contributed by atoms with Crippen molar-refractivity contribution in [3.05, 3.63) is 12.7 Å². The lowest BCUT2D eigenvalue weighted by atomic mass is 9.84. The third-order valence-electron chi connectivity index (χ3n) is 4.56. The number of carbonyl (C=O) groups is 2. The number of rotatable bonds is 7. The molecule has 21 heavy (non-hydrogen) atoms. The van der Waals surface area contributed by atoms with Crippen molar-refractivity contribution in [3.63, 3.8) is 0 Å². The first-order valence-electron chi connectivity index (χ1n) is 8.06. The van der Waals surface area contributed by atoms with Crippen molar-refractivity contribution < 1.29 is 9.59 Å². The zero-order valence-electron chi connectivity index (χ0n) is 12.8. The molecule has 1 saturated carbocycles. The second-order valence-electron chi connectivity index (χ2n) is 6.19. The maximum atomic E-state index is 11.8. The minimum atomic E-state index is 0.0617. The van der Waals surface area contributed by atoms with Gasteiger partial charge in [-0.25, -0.2) is 0 Å². The number of nitrogens with zero attached hydrogens (tertiary/aromatic N) is 1. The van der Waals surface area contributed by atoms with Crippen LogP contribution < -0.4 is 10.6 Å². The smallest absolute Gasteiger partial charge is 0.234 e. The molecule has 0 bridgehead atoms. The molecule has 1 heterocycles. The Morgan fingerprint density at radius 1 is 1.14 bits per heavy atom. The monoisotopic (exact) mass is 293 g/mol. The van der Waals surface area contributed by atoms with Gasteiger partial charge in [-0.3, -0.25) is 14.5 Å². The predicted octanol–water partition coefficient (Wildman–Crippen LogP) is 0.917. The molecule has 0 unspecified atom stereocenters. The molecule has 0 aromatic carbocycles. The zero-order chi connectivity index (χ0) is 15.1. The molecule has 2 amide bonds. The SMILES string of the molecule is C=CCNC(=O)CN1CCC(CNC(=O)C2CCC2)CC1. The van der Waals surface area contributed by atoms with Crippen LogP contribution in [0, 0.1) is 11.8 Å². The van der Waals surface area contributed by atoms with E-state index in [0.29, 0.717) is 19.0 Å². The Morgan fingerprint density at radius 3 is 2.43 bits per heavy atom. The number of nitrogens with one attached hydrogen (secondary N) is 2. The lowest BCUT2D eigenvalue weighted by Crippen LogP contribution is -2.44. The van der Waals surface area contributed by atoms with E-state index in [0.717, 1.165) is 45.3 Å². The Labute approximate surface area is 127 Å². The number of carbonyl (C=O) groups excluding carboxylic acids is 2. The Bertz CT molecular complexity index is 372. The molecule has 0 aromatic heterocycles. The molecular weight excluding hydrogens is 266 g/mol. The Hall–Kier alpha value is -1.36. The third kappa shape index (κ3) is 5.16. The fourth-order valence-corrected chi connectivity index (χ4v) is 2.85. The highest BCUT2D eigenvalue weighted by atomic mass is 16.2. The van der Waals surface area contributed by atoms with Gasteiger partial charge in [0.2, 0.25) is 11.8 Å². The molecule has 2 fully saturated rings. The van der Waals surface area contributed by atoms with E-state index >= 15 is 0 Å². The molecule has 0 spiro atoms. The van der Waals surface area contributed by atoms with Gasteiger partial charge in [-0.1, -0.05) is 12.5 Å². The van der Waals surface area contributed by atoms with Gasteiger partial charge in [0, 0.05) is 19.0 Å². The molecule has 1 aliphatic carbocycles. The second kappa shape index (κ2) is 8.17. The molecule has 2 aliphatic rings. The summed E-state index contributed by atoms with van der Waals surface area (Å²) in [7, 11) is 0. The van der Waals surface area contributed by atoms with E-state index in [4.69, 9.17) is 0 Å². The fourth-order valence-electron chi connectivity index (χ4n) is 2.85. The summed E-state index contributed by atoms with van der Waals surface area (Å²) in [5.41, 5.74) is 0. The number of likely N-dealkylation sites (tertiary alicyclic amines) is 1. The van der Waals surface area contributed by atoms with Crippen LogP contribution in [-0.2, 0) is 9.59 Å². The molecule has 0 atom stereocenters. The zero-order valence-corrected chi connectivity index (χ0v) is 12.8. The quantitative estimate of drug-likeness (QED) is 0.686. The number of amides is 2. The van der Waals surface area contributed by atoms with Gasteiger partial charge in [0.15, 0.2) is 0 Å². The summed E-state index contributed by atoms with van der Waals surface area (Å²) in [6.45, 7) is 7.25. The molecule has 1 aliphatic heterocycles. The topological polar surface area (TPSA) is 61.4 Å². The molecule has 5 nitrogen and oxygen atoms in total. The van der Waals surface area contributed by atoms with Crippen molar-refractivity contribution in [2.45, 2.75) is 32.1 Å². The Morgan fingerprint density at radius 2 is 1.86 bits per heavy atom. The lowest BCUT2D eigenvalue weighted by Gasteiger charge is -2.32. The molecule has 2 rings (SSSR count). The van der Waals surface area contributed by atoms with Gasteiger partial charge in [0.25, 0.3) is 0 Å². The van der Waals surface area contributed by atoms with Gasteiger partial charge in [-0.2, -0.15) is 0 Å². The van der Waals surface area contributed by atoms with Crippen LogP contribution in [-0.4, -0.2) is 49.4 Å². The van der Waals surface area contributed by atoms with E-state index < -0.39 is 0 Å². The van der Waals surface area contributed by atoms with Crippen molar-refractivity contribution in [3.8, 4) is 0 Å². The van der Waals surface area contributed by atoms with Crippen LogP contribution in [0.3, 0.4) is 0 Å². The van der Waals surface area contributed by atoms with Crippen molar-refractivity contribution >= 4 is 11.8 Å². The van der Waals surface area contributed by atoms with Gasteiger partial charge in [-0.15, -0.1) is 6.58 Å². The first-order valence-corrected chi connectivity index (χ1v) is 8.06. The van der Waals surface area contributed by atoms with E-state index in [1.54, 1.807) is 6.08 Å². The van der Waals surface area contributed by atoms with Gasteiger partial charge in [0.05, 0.1) is 6.54 Å². The van der Waals surface area contributed by atoms with Crippen molar-refractivity contribution in [2.75, 3.05) is 32.7 Å². The van der Waals surface area contributed by atoms with Crippen LogP contribution >= 0.6 is 0 Å². The van der Waals surface area contributed by atoms with Gasteiger partial charge in [-0.05, 0) is 44.7 Å². The maximum Gasteiger partial charge on any atom is 0.234 e. The van der Waals surface area contributed by atoms with Crippen LogP contribution in [0.4, 0.5) is 0 Å². The molecule has 1 saturated heterocycles. The summed E-state index contributed by atoms with van der Waals surface area (Å²) in [5, 5.41) is 5.89. The largest absolute Gasteiger partial charge is 0.356 e. The minimum absolute atomic E-state index is 0.0617. The summed E-state index contributed by atoms with van der Waals surface area (Å²) >= 11 is 0. The molecular formula is C16H27N3O2. The Balaban J connectivity index is 1.58. The molecule has 0 aromatic rings. The van der Waals surface area contributed by atoms with Crippen molar-refractivity contribution in [1.82, 2.24) is 15.5 Å². The first-order chi connectivity index (χ1) is 10.2. The van der Waals surface area contributed by atoms with Crippen LogP contribution in [0.1, 0.15) is 32.1 Å². The number of hydrogen-bond donors (Lipinski definition) is 2. The van der Waals surface area contributed by atoms with Crippen LogP contribution in [0.2, 0.25) is 0 Å². The fraction of sp³-hybridized carbons (Fsp3) is 0.750. The van der Waals surface area contributed by atoms with Gasteiger partial charge in [0.1, 0.15) is 0 Å². The van der Waals surface area contributed by atoms with E-state index in [9.17, 15) is 9.59 Å². The van der Waals surface area contributed by atoms with Crippen molar-refractivity contribution in [2.24, 2.45) is 11.8 Å². The normalized spacial score (nSPS) is 20.6. The van der Waals surface area contributed by atoms with E-state index in [1.807, 2.05) is 0 Å². The van der Waals surface area contributed by atoms with Gasteiger partial charge >= 0.3 is 0 Å². The average Bonchev–Trinajstić information content (AvgIpc) is 2.42. The maximum absolute atomic E-state index is 11.8. The summed E-state index contributed by atoms with van der Waals surface area (Å²) in [4.78, 5) is 25.6. The highest BCUT2D eigenvalue weighted by molar-refractivity contribution is 5.79. The highest BCUT2D eigenvalue weighted by Crippen LogP contribution is 2.26. The molecule has 0 radical (unpaired) electrons. The number of piperidine rings is 1. The molecule has 2 N–H and O–H groups in total. The van der Waals surface area contributed by atoms with Crippen molar-refractivity contribution in [1.29, 1.82) is 0 Å². The second-order valence-corrected chi connectivity index (χ2v) is 6.19. The minimum Gasteiger partial charge on any atom is -0.356 e. The predicted molar refractivity (Wildman–Crippen MR) is 82.7 cm³/mol. The summed E-state index contributed by atoms with van der Waals surface area (Å²) < 4.78 is 0. The van der Waals surface area contributed by atoms with E-state index in [1.165, 1.54) is 6.42 Å². The average molecular weight is 293 g/mol.